The molecular formula is C11H14N4O3S. The molecule has 8 heteroatoms. The molecule has 0 amide bonds. The molecular weight excluding hydrogens is 268 g/mol. The van der Waals surface area contributed by atoms with E-state index in [4.69, 9.17) is 4.74 Å². The van der Waals surface area contributed by atoms with Crippen LogP contribution in [-0.2, 0) is 4.74 Å². The van der Waals surface area contributed by atoms with Gasteiger partial charge in [0, 0.05) is 24.6 Å². The summed E-state index contributed by atoms with van der Waals surface area (Å²) in [5.74, 6) is 0.500. The second-order valence-corrected chi connectivity index (χ2v) is 5.39. The monoisotopic (exact) mass is 282 g/mol. The molecule has 0 N–H and O–H groups in total. The van der Waals surface area contributed by atoms with Crippen LogP contribution in [0, 0.1) is 10.1 Å². The Bertz CT molecular complexity index is 608. The highest BCUT2D eigenvalue weighted by Crippen LogP contribution is 2.32. The van der Waals surface area contributed by atoms with Crippen LogP contribution in [0.3, 0.4) is 0 Å². The van der Waals surface area contributed by atoms with E-state index in [1.807, 2.05) is 11.8 Å². The lowest BCUT2D eigenvalue weighted by Gasteiger charge is -2.25. The van der Waals surface area contributed by atoms with Gasteiger partial charge in [0.05, 0.1) is 6.61 Å². The van der Waals surface area contributed by atoms with E-state index in [0.717, 1.165) is 6.42 Å². The summed E-state index contributed by atoms with van der Waals surface area (Å²) in [6.45, 7) is 3.94. The number of aromatic nitrogens is 2. The minimum Gasteiger partial charge on any atom is -0.380 e. The van der Waals surface area contributed by atoms with Crippen molar-refractivity contribution < 1.29 is 9.66 Å². The quantitative estimate of drug-likeness (QED) is 0.621. The summed E-state index contributed by atoms with van der Waals surface area (Å²) in [6.07, 6.45) is 2.54. The number of ether oxygens (including phenoxy) is 1. The summed E-state index contributed by atoms with van der Waals surface area (Å²) in [4.78, 5) is 18.0. The van der Waals surface area contributed by atoms with Gasteiger partial charge in [0.15, 0.2) is 0 Å². The fourth-order valence-electron chi connectivity index (χ4n) is 2.33. The number of nitrogens with zero attached hydrogens (tertiary/aromatic N) is 4. The topological polar surface area (TPSA) is 72.9 Å². The predicted octanol–water partition coefficient (Wildman–Crippen LogP) is 1.92. The number of hydrogen-bond donors (Lipinski definition) is 0. The summed E-state index contributed by atoms with van der Waals surface area (Å²) in [6, 6.07) is 0.186. The first-order chi connectivity index (χ1) is 9.18. The van der Waals surface area contributed by atoms with Crippen LogP contribution in [0.4, 0.5) is 11.6 Å². The summed E-state index contributed by atoms with van der Waals surface area (Å²) in [7, 11) is 0. The zero-order chi connectivity index (χ0) is 13.4. The van der Waals surface area contributed by atoms with Crippen molar-refractivity contribution >= 4 is 27.9 Å². The second-order valence-electron chi connectivity index (χ2n) is 4.52. The third-order valence-corrected chi connectivity index (χ3v) is 4.11. The van der Waals surface area contributed by atoms with Crippen molar-refractivity contribution in [3.63, 3.8) is 0 Å². The van der Waals surface area contributed by atoms with Crippen LogP contribution in [0.5, 0.6) is 0 Å². The van der Waals surface area contributed by atoms with E-state index in [2.05, 4.69) is 4.98 Å². The Balaban J connectivity index is 2.09. The highest BCUT2D eigenvalue weighted by atomic mass is 32.1. The Labute approximate surface area is 113 Å². The average molecular weight is 282 g/mol. The van der Waals surface area contributed by atoms with E-state index < -0.39 is 0 Å². The van der Waals surface area contributed by atoms with Gasteiger partial charge in [-0.15, -0.1) is 0 Å². The number of thiazole rings is 1. The second kappa shape index (κ2) is 4.78. The lowest BCUT2D eigenvalue weighted by atomic mass is 10.2. The fraction of sp³-hybridized carbons (Fsp3) is 0.545. The molecule has 0 aromatic carbocycles. The van der Waals surface area contributed by atoms with Gasteiger partial charge >= 0.3 is 5.82 Å². The Morgan fingerprint density at radius 3 is 3.21 bits per heavy atom. The van der Waals surface area contributed by atoms with Crippen LogP contribution in [0.1, 0.15) is 13.3 Å². The van der Waals surface area contributed by atoms with Gasteiger partial charge in [-0.1, -0.05) is 11.3 Å². The molecule has 0 radical (unpaired) electrons. The van der Waals surface area contributed by atoms with Gasteiger partial charge in [0.25, 0.3) is 4.96 Å². The van der Waals surface area contributed by atoms with Crippen molar-refractivity contribution in [3.8, 4) is 0 Å². The smallest absolute Gasteiger partial charge is 0.373 e. The number of rotatable bonds is 2. The highest BCUT2D eigenvalue weighted by molar-refractivity contribution is 7.15. The molecule has 1 aliphatic heterocycles. The minimum absolute atomic E-state index is 0.0463. The molecule has 3 heterocycles. The number of imidazole rings is 1. The lowest BCUT2D eigenvalue weighted by Crippen LogP contribution is -2.34. The van der Waals surface area contributed by atoms with Gasteiger partial charge < -0.3 is 19.8 Å². The van der Waals surface area contributed by atoms with Crippen molar-refractivity contribution in [1.82, 2.24) is 9.38 Å². The normalized spacial score (nSPS) is 20.7. The van der Waals surface area contributed by atoms with Crippen molar-refractivity contribution in [1.29, 1.82) is 0 Å². The van der Waals surface area contributed by atoms with Crippen LogP contribution >= 0.6 is 11.3 Å². The van der Waals surface area contributed by atoms with Crippen molar-refractivity contribution in [2.24, 2.45) is 0 Å². The molecule has 1 aliphatic rings. The van der Waals surface area contributed by atoms with Crippen LogP contribution in [0.2, 0.25) is 0 Å². The fourth-order valence-corrected chi connectivity index (χ4v) is 3.04. The molecule has 0 saturated carbocycles. The molecule has 1 fully saturated rings. The molecule has 19 heavy (non-hydrogen) atoms. The maximum atomic E-state index is 11.3. The van der Waals surface area contributed by atoms with Crippen molar-refractivity contribution in [3.05, 3.63) is 21.7 Å². The Morgan fingerprint density at radius 1 is 1.58 bits per heavy atom. The third-order valence-electron chi connectivity index (χ3n) is 3.35. The minimum atomic E-state index is -0.361. The predicted molar refractivity (Wildman–Crippen MR) is 72.0 cm³/mol. The average Bonchev–Trinajstić information content (AvgIpc) is 2.86. The van der Waals surface area contributed by atoms with Gasteiger partial charge in [-0.3, -0.25) is 0 Å². The highest BCUT2D eigenvalue weighted by Gasteiger charge is 2.31. The summed E-state index contributed by atoms with van der Waals surface area (Å²) >= 11 is 1.40. The summed E-state index contributed by atoms with van der Waals surface area (Å²) in [5, 5.41) is 13.1. The zero-order valence-corrected chi connectivity index (χ0v) is 11.3. The van der Waals surface area contributed by atoms with E-state index in [1.165, 1.54) is 11.3 Å². The molecule has 1 saturated heterocycles. The lowest BCUT2D eigenvalue weighted by molar-refractivity contribution is -0.389. The molecule has 1 atom stereocenters. The molecule has 3 rings (SSSR count). The number of hydrogen-bond acceptors (Lipinski definition) is 6. The van der Waals surface area contributed by atoms with E-state index in [1.54, 1.807) is 16.0 Å². The van der Waals surface area contributed by atoms with Gasteiger partial charge in [0.2, 0.25) is 5.82 Å². The zero-order valence-electron chi connectivity index (χ0n) is 10.5. The standard InChI is InChI=1S/C11H14N4O3S/c1-8-2-5-18-6-3-13(8)9-10(15(16)17)14-4-7-19-11(14)12-9/h4,7-8H,2-3,5-6H2,1H3/t8-/m1/s1. The number of anilines is 1. The molecule has 2 aromatic rings. The largest absolute Gasteiger partial charge is 0.380 e. The van der Waals surface area contributed by atoms with E-state index in [0.29, 0.717) is 30.5 Å². The summed E-state index contributed by atoms with van der Waals surface area (Å²) in [5.41, 5.74) is 0. The van der Waals surface area contributed by atoms with Crippen molar-refractivity contribution in [2.75, 3.05) is 24.7 Å². The van der Waals surface area contributed by atoms with Gasteiger partial charge in [-0.05, 0) is 18.3 Å². The van der Waals surface area contributed by atoms with E-state index in [9.17, 15) is 10.1 Å². The van der Waals surface area contributed by atoms with Crippen LogP contribution in [0.15, 0.2) is 11.6 Å². The molecule has 102 valence electrons. The van der Waals surface area contributed by atoms with Gasteiger partial charge in [0.1, 0.15) is 6.20 Å². The molecule has 0 unspecified atom stereocenters. The maximum Gasteiger partial charge on any atom is 0.373 e. The van der Waals surface area contributed by atoms with Crippen molar-refractivity contribution in [2.45, 2.75) is 19.4 Å². The first-order valence-electron chi connectivity index (χ1n) is 6.13. The first-order valence-corrected chi connectivity index (χ1v) is 7.01. The Hall–Kier alpha value is -1.67. The van der Waals surface area contributed by atoms with Crippen LogP contribution in [-0.4, -0.2) is 40.1 Å². The van der Waals surface area contributed by atoms with Gasteiger partial charge in [-0.25, -0.2) is 0 Å². The van der Waals surface area contributed by atoms with E-state index >= 15 is 0 Å². The first kappa shape index (κ1) is 12.4. The summed E-state index contributed by atoms with van der Waals surface area (Å²) < 4.78 is 6.97. The maximum absolute atomic E-state index is 11.3. The van der Waals surface area contributed by atoms with E-state index in [-0.39, 0.29) is 16.8 Å². The molecule has 0 bridgehead atoms. The van der Waals surface area contributed by atoms with Crippen LogP contribution in [0.25, 0.3) is 4.96 Å². The van der Waals surface area contributed by atoms with Crippen LogP contribution < -0.4 is 4.90 Å². The molecule has 2 aromatic heterocycles. The molecule has 0 spiro atoms. The Kier molecular flexibility index (Phi) is 3.11. The Morgan fingerprint density at radius 2 is 2.42 bits per heavy atom. The molecule has 7 nitrogen and oxygen atoms in total. The SMILES string of the molecule is C[C@@H]1CCOCCN1c1nc2sccn2c1[N+](=O)[O-]. The number of fused-ring (bicyclic) bond motifs is 1. The third kappa shape index (κ3) is 2.06. The number of nitro groups is 1. The molecule has 0 aliphatic carbocycles. The van der Waals surface area contributed by atoms with Gasteiger partial charge in [-0.2, -0.15) is 9.38 Å².